The van der Waals surface area contributed by atoms with Crippen molar-refractivity contribution < 1.29 is 9.47 Å². The second-order valence-corrected chi connectivity index (χ2v) is 4.42. The summed E-state index contributed by atoms with van der Waals surface area (Å²) in [6, 6.07) is 15.4. The molecule has 3 nitrogen and oxygen atoms in total. The van der Waals surface area contributed by atoms with Gasteiger partial charge >= 0.3 is 0 Å². The van der Waals surface area contributed by atoms with Crippen LogP contribution < -0.4 is 9.47 Å². The van der Waals surface area contributed by atoms with Crippen molar-refractivity contribution in [2.24, 2.45) is 4.99 Å². The van der Waals surface area contributed by atoms with Crippen molar-refractivity contribution in [2.45, 2.75) is 6.42 Å². The lowest BCUT2D eigenvalue weighted by Gasteiger charge is -2.07. The van der Waals surface area contributed by atoms with Crippen molar-refractivity contribution >= 4 is 11.9 Å². The number of ether oxygens (including phenoxy) is 2. The Balaban J connectivity index is 2.10. The Morgan fingerprint density at radius 2 is 1.86 bits per heavy atom. The van der Waals surface area contributed by atoms with E-state index in [0.29, 0.717) is 6.61 Å². The predicted octanol–water partition coefficient (Wildman–Crippen LogP) is 4.40. The molecule has 108 valence electrons. The molecule has 0 fully saturated rings. The quantitative estimate of drug-likeness (QED) is 0.428. The van der Waals surface area contributed by atoms with E-state index in [4.69, 9.17) is 9.47 Å². The molecule has 0 radical (unpaired) electrons. The lowest BCUT2D eigenvalue weighted by atomic mass is 10.2. The van der Waals surface area contributed by atoms with E-state index in [9.17, 15) is 0 Å². The molecule has 2 aromatic rings. The number of nitrogens with zero attached hydrogens (tertiary/aromatic N) is 1. The van der Waals surface area contributed by atoms with Gasteiger partial charge in [0, 0.05) is 11.8 Å². The summed E-state index contributed by atoms with van der Waals surface area (Å²) in [7, 11) is 1.65. The zero-order chi connectivity index (χ0) is 14.9. The maximum Gasteiger partial charge on any atom is 0.128 e. The number of para-hydroxylation sites is 1. The fourth-order valence-electron chi connectivity index (χ4n) is 1.78. The zero-order valence-electron chi connectivity index (χ0n) is 12.2. The first-order chi connectivity index (χ1) is 10.3. The highest BCUT2D eigenvalue weighted by Gasteiger charge is 2.00. The van der Waals surface area contributed by atoms with Crippen molar-refractivity contribution in [3.63, 3.8) is 0 Å². The predicted molar refractivity (Wildman–Crippen MR) is 87.0 cm³/mol. The van der Waals surface area contributed by atoms with Crippen LogP contribution in [-0.4, -0.2) is 19.9 Å². The van der Waals surface area contributed by atoms with E-state index in [1.54, 1.807) is 7.11 Å². The number of rotatable bonds is 7. The molecule has 2 rings (SSSR count). The van der Waals surface area contributed by atoms with Crippen LogP contribution in [0.1, 0.15) is 12.0 Å². The van der Waals surface area contributed by atoms with Gasteiger partial charge in [-0.15, -0.1) is 6.58 Å². The van der Waals surface area contributed by atoms with E-state index in [2.05, 4.69) is 11.6 Å². The van der Waals surface area contributed by atoms with Crippen LogP contribution in [0.5, 0.6) is 11.5 Å². The van der Waals surface area contributed by atoms with Gasteiger partial charge in [0.05, 0.1) is 19.4 Å². The standard InChI is InChI=1S/C18H19NO2/c1-3-4-13-21-18-8-6-5-7-15(18)14-19-16-9-11-17(20-2)12-10-16/h3,5-12,14H,1,4,13H2,2H3. The van der Waals surface area contributed by atoms with Gasteiger partial charge in [-0.1, -0.05) is 18.2 Å². The van der Waals surface area contributed by atoms with Crippen LogP contribution in [0.3, 0.4) is 0 Å². The molecule has 0 heterocycles. The maximum absolute atomic E-state index is 5.72. The Morgan fingerprint density at radius 3 is 2.57 bits per heavy atom. The molecule has 21 heavy (non-hydrogen) atoms. The highest BCUT2D eigenvalue weighted by Crippen LogP contribution is 2.20. The number of hydrogen-bond donors (Lipinski definition) is 0. The van der Waals surface area contributed by atoms with Crippen molar-refractivity contribution in [3.8, 4) is 11.5 Å². The summed E-state index contributed by atoms with van der Waals surface area (Å²) in [5.74, 6) is 1.65. The number of benzene rings is 2. The van der Waals surface area contributed by atoms with Crippen LogP contribution in [-0.2, 0) is 0 Å². The molecular formula is C18H19NO2. The molecule has 0 N–H and O–H groups in total. The van der Waals surface area contributed by atoms with Crippen LogP contribution in [0.15, 0.2) is 66.2 Å². The molecule has 0 aliphatic rings. The molecule has 0 saturated carbocycles. The van der Waals surface area contributed by atoms with Crippen molar-refractivity contribution in [1.82, 2.24) is 0 Å². The van der Waals surface area contributed by atoms with E-state index in [-0.39, 0.29) is 0 Å². The van der Waals surface area contributed by atoms with Crippen LogP contribution in [0, 0.1) is 0 Å². The number of hydrogen-bond acceptors (Lipinski definition) is 3. The summed E-state index contributed by atoms with van der Waals surface area (Å²) in [5, 5.41) is 0. The minimum absolute atomic E-state index is 0.622. The molecule has 0 aromatic heterocycles. The molecule has 3 heteroatoms. The molecule has 0 spiro atoms. The summed E-state index contributed by atoms with van der Waals surface area (Å²) in [4.78, 5) is 4.46. The maximum atomic E-state index is 5.72. The van der Waals surface area contributed by atoms with Crippen molar-refractivity contribution in [1.29, 1.82) is 0 Å². The van der Waals surface area contributed by atoms with Crippen LogP contribution >= 0.6 is 0 Å². The van der Waals surface area contributed by atoms with Gasteiger partial charge in [0.15, 0.2) is 0 Å². The van der Waals surface area contributed by atoms with Gasteiger partial charge in [-0.3, -0.25) is 4.99 Å². The van der Waals surface area contributed by atoms with Gasteiger partial charge in [0.2, 0.25) is 0 Å². The lowest BCUT2D eigenvalue weighted by Crippen LogP contribution is -1.98. The molecule has 0 aliphatic heterocycles. The van der Waals surface area contributed by atoms with Gasteiger partial charge in [-0.2, -0.15) is 0 Å². The lowest BCUT2D eigenvalue weighted by molar-refractivity contribution is 0.324. The first kappa shape index (κ1) is 14.9. The van der Waals surface area contributed by atoms with Crippen molar-refractivity contribution in [2.75, 3.05) is 13.7 Å². The Labute approximate surface area is 125 Å². The molecule has 0 amide bonds. The average Bonchev–Trinajstić information content (AvgIpc) is 2.54. The van der Waals surface area contributed by atoms with E-state index in [1.165, 1.54) is 0 Å². The van der Waals surface area contributed by atoms with Crippen LogP contribution in [0.25, 0.3) is 0 Å². The third-order valence-electron chi connectivity index (χ3n) is 2.92. The Bertz CT molecular complexity index is 603. The van der Waals surface area contributed by atoms with Gasteiger partial charge in [0.25, 0.3) is 0 Å². The first-order valence-corrected chi connectivity index (χ1v) is 6.84. The fraction of sp³-hybridized carbons (Fsp3) is 0.167. The van der Waals surface area contributed by atoms with Gasteiger partial charge in [-0.25, -0.2) is 0 Å². The van der Waals surface area contributed by atoms with Crippen LogP contribution in [0.4, 0.5) is 5.69 Å². The molecule has 0 bridgehead atoms. The Hall–Kier alpha value is -2.55. The normalized spacial score (nSPS) is 10.5. The zero-order valence-corrected chi connectivity index (χ0v) is 12.2. The SMILES string of the molecule is C=CCCOc1ccccc1C=Nc1ccc(OC)cc1. The number of aliphatic imine (C=N–C) groups is 1. The van der Waals surface area contributed by atoms with Gasteiger partial charge < -0.3 is 9.47 Å². The molecule has 0 saturated heterocycles. The molecule has 0 aliphatic carbocycles. The summed E-state index contributed by atoms with van der Waals surface area (Å²) in [5.41, 5.74) is 1.83. The van der Waals surface area contributed by atoms with E-state index >= 15 is 0 Å². The third-order valence-corrected chi connectivity index (χ3v) is 2.92. The van der Waals surface area contributed by atoms with Gasteiger partial charge in [-0.05, 0) is 42.8 Å². The molecule has 2 aromatic carbocycles. The third kappa shape index (κ3) is 4.49. The number of methoxy groups -OCH3 is 1. The Kier molecular flexibility index (Phi) is 5.59. The minimum atomic E-state index is 0.622. The topological polar surface area (TPSA) is 30.8 Å². The second-order valence-electron chi connectivity index (χ2n) is 4.42. The van der Waals surface area contributed by atoms with Gasteiger partial charge in [0.1, 0.15) is 11.5 Å². The summed E-state index contributed by atoms with van der Waals surface area (Å²) >= 11 is 0. The highest BCUT2D eigenvalue weighted by molar-refractivity contribution is 5.85. The molecular weight excluding hydrogens is 262 g/mol. The average molecular weight is 281 g/mol. The van der Waals surface area contributed by atoms with Crippen molar-refractivity contribution in [3.05, 3.63) is 66.7 Å². The first-order valence-electron chi connectivity index (χ1n) is 6.84. The van der Waals surface area contributed by atoms with Crippen LogP contribution in [0.2, 0.25) is 0 Å². The van der Waals surface area contributed by atoms with E-state index < -0.39 is 0 Å². The molecule has 0 unspecified atom stereocenters. The van der Waals surface area contributed by atoms with E-state index in [1.807, 2.05) is 60.8 Å². The molecule has 0 atom stereocenters. The summed E-state index contributed by atoms with van der Waals surface area (Å²) < 4.78 is 10.8. The smallest absolute Gasteiger partial charge is 0.128 e. The summed E-state index contributed by atoms with van der Waals surface area (Å²) in [6.45, 7) is 4.31. The van der Waals surface area contributed by atoms with E-state index in [0.717, 1.165) is 29.2 Å². The minimum Gasteiger partial charge on any atom is -0.497 e. The second kappa shape index (κ2) is 7.90. The monoisotopic (exact) mass is 281 g/mol. The fourth-order valence-corrected chi connectivity index (χ4v) is 1.78. The Morgan fingerprint density at radius 1 is 1.10 bits per heavy atom. The highest BCUT2D eigenvalue weighted by atomic mass is 16.5. The largest absolute Gasteiger partial charge is 0.497 e. The summed E-state index contributed by atoms with van der Waals surface area (Å²) in [6.07, 6.45) is 4.48.